The molecule has 1 aliphatic heterocycles. The van der Waals surface area contributed by atoms with Crippen molar-refractivity contribution in [3.05, 3.63) is 52.5 Å². The second-order valence-corrected chi connectivity index (χ2v) is 12.8. The SMILES string of the molecule is C[C@H](C(=O)NCCOc1ccc(S(=O)(=O)N2CCCC2)cc1)N(c1cc(Cl)cc(Cl)c1)S(C)(=O)=O. The number of halogens is 2. The van der Waals surface area contributed by atoms with Gasteiger partial charge in [-0.15, -0.1) is 0 Å². The van der Waals surface area contributed by atoms with Crippen LogP contribution in [0.25, 0.3) is 0 Å². The minimum Gasteiger partial charge on any atom is -0.492 e. The van der Waals surface area contributed by atoms with E-state index in [0.29, 0.717) is 18.8 Å². The van der Waals surface area contributed by atoms with E-state index in [0.717, 1.165) is 23.4 Å². The number of sulfonamides is 2. The zero-order valence-electron chi connectivity index (χ0n) is 19.3. The molecule has 3 rings (SSSR count). The molecule has 9 nitrogen and oxygen atoms in total. The van der Waals surface area contributed by atoms with Gasteiger partial charge in [0.15, 0.2) is 0 Å². The van der Waals surface area contributed by atoms with Crippen molar-refractivity contribution in [1.82, 2.24) is 9.62 Å². The lowest BCUT2D eigenvalue weighted by molar-refractivity contribution is -0.121. The van der Waals surface area contributed by atoms with Crippen LogP contribution in [0, 0.1) is 0 Å². The van der Waals surface area contributed by atoms with Gasteiger partial charge in [0.1, 0.15) is 18.4 Å². The summed E-state index contributed by atoms with van der Waals surface area (Å²) in [7, 11) is -7.32. The van der Waals surface area contributed by atoms with Crippen molar-refractivity contribution >= 4 is 54.8 Å². The average molecular weight is 565 g/mol. The topological polar surface area (TPSA) is 113 Å². The Morgan fingerprint density at radius 1 is 1.06 bits per heavy atom. The number of nitrogens with zero attached hydrogens (tertiary/aromatic N) is 2. The van der Waals surface area contributed by atoms with Gasteiger partial charge < -0.3 is 10.1 Å². The summed E-state index contributed by atoms with van der Waals surface area (Å²) in [5, 5.41) is 3.11. The molecule has 1 aliphatic rings. The van der Waals surface area contributed by atoms with Gasteiger partial charge in [-0.2, -0.15) is 4.31 Å². The molecule has 35 heavy (non-hydrogen) atoms. The van der Waals surface area contributed by atoms with Crippen LogP contribution in [0.1, 0.15) is 19.8 Å². The molecule has 13 heteroatoms. The van der Waals surface area contributed by atoms with E-state index < -0.39 is 32.0 Å². The molecule has 0 bridgehead atoms. The minimum atomic E-state index is -3.82. The predicted octanol–water partition coefficient (Wildman–Crippen LogP) is 3.13. The van der Waals surface area contributed by atoms with Crippen LogP contribution in [-0.4, -0.2) is 65.6 Å². The molecule has 2 aromatic rings. The highest BCUT2D eigenvalue weighted by Crippen LogP contribution is 2.28. The fraction of sp³-hybridized carbons (Fsp3) is 0.409. The van der Waals surface area contributed by atoms with Crippen LogP contribution >= 0.6 is 23.2 Å². The fourth-order valence-corrected chi connectivity index (χ4v) is 6.94. The number of carbonyl (C=O) groups excluding carboxylic acids is 1. The van der Waals surface area contributed by atoms with Gasteiger partial charge in [0.25, 0.3) is 0 Å². The van der Waals surface area contributed by atoms with E-state index in [9.17, 15) is 21.6 Å². The zero-order chi connectivity index (χ0) is 25.8. The number of hydrogen-bond donors (Lipinski definition) is 1. The van der Waals surface area contributed by atoms with Crippen molar-refractivity contribution in [1.29, 1.82) is 0 Å². The van der Waals surface area contributed by atoms with Crippen LogP contribution < -0.4 is 14.4 Å². The highest BCUT2D eigenvalue weighted by Gasteiger charge is 2.30. The molecule has 0 spiro atoms. The first kappa shape index (κ1) is 27.5. The molecule has 1 atom stereocenters. The highest BCUT2D eigenvalue weighted by atomic mass is 35.5. The number of nitrogens with one attached hydrogen (secondary N) is 1. The van der Waals surface area contributed by atoms with E-state index in [2.05, 4.69) is 5.32 Å². The molecule has 1 fully saturated rings. The third-order valence-electron chi connectivity index (χ3n) is 5.39. The van der Waals surface area contributed by atoms with Gasteiger partial charge in [0.2, 0.25) is 26.0 Å². The molecular weight excluding hydrogens is 537 g/mol. The molecule has 1 saturated heterocycles. The van der Waals surface area contributed by atoms with E-state index in [1.165, 1.54) is 41.6 Å². The predicted molar refractivity (Wildman–Crippen MR) is 136 cm³/mol. The van der Waals surface area contributed by atoms with E-state index >= 15 is 0 Å². The molecule has 192 valence electrons. The summed E-state index contributed by atoms with van der Waals surface area (Å²) in [6, 6.07) is 9.30. The lowest BCUT2D eigenvalue weighted by Crippen LogP contribution is -2.48. The second-order valence-electron chi connectivity index (χ2n) is 8.08. The van der Waals surface area contributed by atoms with Gasteiger partial charge in [0, 0.05) is 23.1 Å². The number of hydrogen-bond acceptors (Lipinski definition) is 6. The van der Waals surface area contributed by atoms with E-state index in [-0.39, 0.29) is 33.8 Å². The van der Waals surface area contributed by atoms with Crippen molar-refractivity contribution in [2.45, 2.75) is 30.7 Å². The molecule has 0 radical (unpaired) electrons. The maximum absolute atomic E-state index is 12.7. The number of anilines is 1. The Morgan fingerprint density at radius 2 is 1.63 bits per heavy atom. The van der Waals surface area contributed by atoms with E-state index in [1.807, 2.05) is 0 Å². The number of rotatable bonds is 10. The summed E-state index contributed by atoms with van der Waals surface area (Å²) in [6.45, 7) is 2.70. The molecule has 0 aliphatic carbocycles. The van der Waals surface area contributed by atoms with Gasteiger partial charge in [-0.3, -0.25) is 9.10 Å². The van der Waals surface area contributed by atoms with Gasteiger partial charge >= 0.3 is 0 Å². The Kier molecular flexibility index (Phi) is 8.92. The Hall–Kier alpha value is -2.05. The third kappa shape index (κ3) is 7.01. The number of benzene rings is 2. The number of ether oxygens (including phenoxy) is 1. The standard InChI is InChI=1S/C22H27Cl2N3O6S2/c1-16(27(34(2,29)30)19-14-17(23)13-18(24)15-19)22(28)25-9-12-33-20-5-7-21(8-6-20)35(31,32)26-10-3-4-11-26/h5-8,13-16H,3-4,9-12H2,1-2H3,(H,25,28)/t16-/m1/s1. The Bertz CT molecular complexity index is 1240. The number of carbonyl (C=O) groups is 1. The fourth-order valence-electron chi connectivity index (χ4n) is 3.75. The molecule has 0 saturated carbocycles. The maximum Gasteiger partial charge on any atom is 0.243 e. The van der Waals surface area contributed by atoms with Crippen LogP contribution in [0.4, 0.5) is 5.69 Å². The van der Waals surface area contributed by atoms with Crippen LogP contribution in [0.2, 0.25) is 10.0 Å². The summed E-state index contributed by atoms with van der Waals surface area (Å²) in [6.07, 6.45) is 2.71. The summed E-state index contributed by atoms with van der Waals surface area (Å²) in [5.41, 5.74) is 0.174. The molecule has 1 heterocycles. The van der Waals surface area contributed by atoms with Crippen molar-refractivity contribution < 1.29 is 26.4 Å². The van der Waals surface area contributed by atoms with E-state index in [1.54, 1.807) is 12.1 Å². The lowest BCUT2D eigenvalue weighted by Gasteiger charge is -2.28. The van der Waals surface area contributed by atoms with Crippen LogP contribution in [0.3, 0.4) is 0 Å². The summed E-state index contributed by atoms with van der Waals surface area (Å²) in [4.78, 5) is 12.9. The lowest BCUT2D eigenvalue weighted by atomic mass is 10.2. The highest BCUT2D eigenvalue weighted by molar-refractivity contribution is 7.92. The first-order valence-electron chi connectivity index (χ1n) is 10.9. The van der Waals surface area contributed by atoms with Crippen LogP contribution in [0.5, 0.6) is 5.75 Å². The maximum atomic E-state index is 12.7. The molecule has 1 amide bonds. The first-order chi connectivity index (χ1) is 16.4. The quantitative estimate of drug-likeness (QED) is 0.444. The van der Waals surface area contributed by atoms with E-state index in [4.69, 9.17) is 27.9 Å². The second kappa shape index (κ2) is 11.3. The van der Waals surface area contributed by atoms with Crippen LogP contribution in [0.15, 0.2) is 47.4 Å². The Balaban J connectivity index is 1.56. The van der Waals surface area contributed by atoms with Crippen LogP contribution in [-0.2, 0) is 24.8 Å². The van der Waals surface area contributed by atoms with Crippen molar-refractivity contribution in [2.75, 3.05) is 36.8 Å². The Labute approximate surface area is 216 Å². The van der Waals surface area contributed by atoms with Gasteiger partial charge in [-0.05, 0) is 62.2 Å². The monoisotopic (exact) mass is 563 g/mol. The molecule has 2 aromatic carbocycles. The summed E-state index contributed by atoms with van der Waals surface area (Å²) < 4.78 is 57.9. The van der Waals surface area contributed by atoms with Crippen molar-refractivity contribution in [2.24, 2.45) is 0 Å². The van der Waals surface area contributed by atoms with Gasteiger partial charge in [0.05, 0.1) is 23.4 Å². The van der Waals surface area contributed by atoms with Crippen molar-refractivity contribution in [3.8, 4) is 5.75 Å². The molecular formula is C22H27Cl2N3O6S2. The summed E-state index contributed by atoms with van der Waals surface area (Å²) >= 11 is 12.0. The number of amides is 1. The average Bonchev–Trinajstić information content (AvgIpc) is 3.31. The first-order valence-corrected chi connectivity index (χ1v) is 14.9. The van der Waals surface area contributed by atoms with Gasteiger partial charge in [-0.1, -0.05) is 23.2 Å². The minimum absolute atomic E-state index is 0.0958. The summed E-state index contributed by atoms with van der Waals surface area (Å²) in [5.74, 6) is -0.0961. The van der Waals surface area contributed by atoms with Gasteiger partial charge in [-0.25, -0.2) is 16.8 Å². The smallest absolute Gasteiger partial charge is 0.243 e. The molecule has 0 aromatic heterocycles. The molecule has 0 unspecified atom stereocenters. The normalized spacial score (nSPS) is 15.5. The Morgan fingerprint density at radius 3 is 2.17 bits per heavy atom. The largest absolute Gasteiger partial charge is 0.492 e. The van der Waals surface area contributed by atoms with Crippen molar-refractivity contribution in [3.63, 3.8) is 0 Å². The third-order valence-corrected chi connectivity index (χ3v) is 8.98. The zero-order valence-corrected chi connectivity index (χ0v) is 22.4. The molecule has 1 N–H and O–H groups in total.